The third-order valence-electron chi connectivity index (χ3n) is 9.22. The number of ether oxygens (including phenoxy) is 2. The zero-order valence-corrected chi connectivity index (χ0v) is 26.0. The first-order valence-electron chi connectivity index (χ1n) is 14.8. The van der Waals surface area contributed by atoms with Gasteiger partial charge in [-0.05, 0) is 98.2 Å². The standard InChI is InChI=1S/C33H42ClN3O4S/c1-4-6-7-17-42(35,39)36-32(38)24-11-15-31-29(19-24)37(20-25-10-13-27(25)30(5-2)40-3)21-33(22-41-31)16-8-9-23-18-26(34)12-14-28(23)33/h4-5,11-12,14-15,18-19,25,27,30H,1-2,6-10,13,16-17,20-22H2,3H3,(H2,35,36,38,39)/t25-,27+,30-,33-,42+/m0/s1. The van der Waals surface area contributed by atoms with Crippen molar-refractivity contribution in [2.45, 2.75) is 56.5 Å². The summed E-state index contributed by atoms with van der Waals surface area (Å²) in [7, 11) is -1.40. The second kappa shape index (κ2) is 12.9. The van der Waals surface area contributed by atoms with E-state index in [2.05, 4.69) is 34.6 Å². The third kappa shape index (κ3) is 6.47. The van der Waals surface area contributed by atoms with Gasteiger partial charge in [-0.1, -0.05) is 29.8 Å². The Morgan fingerprint density at radius 1 is 1.31 bits per heavy atom. The van der Waals surface area contributed by atoms with Crippen molar-refractivity contribution < 1.29 is 18.5 Å². The van der Waals surface area contributed by atoms with Crippen LogP contribution in [0.15, 0.2) is 66.1 Å². The van der Waals surface area contributed by atoms with E-state index in [4.69, 9.17) is 26.2 Å². The van der Waals surface area contributed by atoms with Gasteiger partial charge >= 0.3 is 0 Å². The number of carbonyl (C=O) groups is 1. The number of hydrogen-bond donors (Lipinski definition) is 1. The molecule has 1 amide bonds. The van der Waals surface area contributed by atoms with Gasteiger partial charge < -0.3 is 14.4 Å². The van der Waals surface area contributed by atoms with Crippen LogP contribution >= 0.6 is 11.6 Å². The SMILES string of the molecule is C=CCCC[S@](N)(=O)=NC(=O)c1ccc2c(c1)N(C[C@@H]1CC[C@H]1[C@H](C=C)OC)C[C@@]1(CCCc3cc(Cl)ccc31)CO2. The Kier molecular flexibility index (Phi) is 9.47. The highest BCUT2D eigenvalue weighted by atomic mass is 35.5. The minimum Gasteiger partial charge on any atom is -0.490 e. The molecular formula is C33H42ClN3O4S. The second-order valence-electron chi connectivity index (χ2n) is 11.9. The van der Waals surface area contributed by atoms with E-state index in [0.717, 1.165) is 61.7 Å². The number of anilines is 1. The van der Waals surface area contributed by atoms with Crippen LogP contribution in [0.5, 0.6) is 5.75 Å². The highest BCUT2D eigenvalue weighted by molar-refractivity contribution is 7.91. The van der Waals surface area contributed by atoms with Gasteiger partial charge in [0.2, 0.25) is 0 Å². The smallest absolute Gasteiger partial charge is 0.286 e. The lowest BCUT2D eigenvalue weighted by Gasteiger charge is -2.46. The number of methoxy groups -OCH3 is 1. The third-order valence-corrected chi connectivity index (χ3v) is 10.8. The minimum absolute atomic E-state index is 0.00321. The number of fused-ring (bicyclic) bond motifs is 3. The molecule has 1 aliphatic heterocycles. The predicted octanol–water partition coefficient (Wildman–Crippen LogP) is 6.49. The summed E-state index contributed by atoms with van der Waals surface area (Å²) in [6, 6.07) is 11.6. The maximum absolute atomic E-state index is 13.2. The van der Waals surface area contributed by atoms with Crippen LogP contribution in [0, 0.1) is 11.8 Å². The number of rotatable bonds is 10. The summed E-state index contributed by atoms with van der Waals surface area (Å²) in [5.74, 6) is 1.08. The van der Waals surface area contributed by atoms with Crippen LogP contribution in [0.25, 0.3) is 0 Å². The zero-order chi connectivity index (χ0) is 29.9. The van der Waals surface area contributed by atoms with E-state index < -0.39 is 15.8 Å². The number of amides is 1. The number of allylic oxidation sites excluding steroid dienone is 1. The molecule has 0 radical (unpaired) electrons. The number of aryl methyl sites for hydroxylation is 1. The van der Waals surface area contributed by atoms with Crippen LogP contribution in [-0.4, -0.2) is 48.8 Å². The van der Waals surface area contributed by atoms with E-state index in [1.165, 1.54) is 11.1 Å². The van der Waals surface area contributed by atoms with Crippen molar-refractivity contribution in [3.63, 3.8) is 0 Å². The topological polar surface area (TPSA) is 94.2 Å². The molecule has 42 heavy (non-hydrogen) atoms. The van der Waals surface area contributed by atoms with Gasteiger partial charge in [-0.3, -0.25) is 4.79 Å². The summed E-state index contributed by atoms with van der Waals surface area (Å²) >= 11 is 6.40. The lowest BCUT2D eigenvalue weighted by molar-refractivity contribution is 0.0135. The minimum atomic E-state index is -3.14. The lowest BCUT2D eigenvalue weighted by Crippen LogP contribution is -2.49. The van der Waals surface area contributed by atoms with Gasteiger partial charge in [0.15, 0.2) is 0 Å². The molecule has 2 aromatic rings. The van der Waals surface area contributed by atoms with E-state index in [-0.39, 0.29) is 17.3 Å². The first kappa shape index (κ1) is 30.8. The van der Waals surface area contributed by atoms with Crippen molar-refractivity contribution in [2.75, 3.05) is 37.5 Å². The van der Waals surface area contributed by atoms with Crippen molar-refractivity contribution in [1.82, 2.24) is 0 Å². The Morgan fingerprint density at radius 3 is 2.86 bits per heavy atom. The van der Waals surface area contributed by atoms with Crippen LogP contribution in [-0.2, 0) is 26.5 Å². The molecule has 5 atom stereocenters. The Morgan fingerprint density at radius 2 is 2.14 bits per heavy atom. The molecule has 1 saturated carbocycles. The van der Waals surface area contributed by atoms with Gasteiger partial charge in [0.05, 0.1) is 18.4 Å². The first-order chi connectivity index (χ1) is 20.2. The fraction of sp³-hybridized carbons (Fsp3) is 0.485. The molecule has 9 heteroatoms. The van der Waals surface area contributed by atoms with Gasteiger partial charge in [-0.15, -0.1) is 17.5 Å². The number of nitrogens with two attached hydrogens (primary N) is 1. The average Bonchev–Trinajstić information content (AvgIpc) is 3.10. The molecule has 1 spiro atoms. The Labute approximate surface area is 255 Å². The molecule has 0 aromatic heterocycles. The van der Waals surface area contributed by atoms with Gasteiger partial charge in [0.1, 0.15) is 15.7 Å². The number of carbonyl (C=O) groups excluding carboxylic acids is 1. The summed E-state index contributed by atoms with van der Waals surface area (Å²) in [6.07, 6.45) is 10.1. The van der Waals surface area contributed by atoms with Crippen molar-refractivity contribution in [2.24, 2.45) is 21.3 Å². The van der Waals surface area contributed by atoms with Gasteiger partial charge in [-0.2, -0.15) is 0 Å². The monoisotopic (exact) mass is 611 g/mol. The summed E-state index contributed by atoms with van der Waals surface area (Å²) in [5.41, 5.74) is 3.54. The highest BCUT2D eigenvalue weighted by Gasteiger charge is 2.44. The lowest BCUT2D eigenvalue weighted by atomic mass is 9.68. The largest absolute Gasteiger partial charge is 0.490 e. The first-order valence-corrected chi connectivity index (χ1v) is 16.9. The van der Waals surface area contributed by atoms with Gasteiger partial charge in [0.25, 0.3) is 5.91 Å². The fourth-order valence-corrected chi connectivity index (χ4v) is 8.16. The molecule has 0 bridgehead atoms. The molecule has 0 saturated heterocycles. The van der Waals surface area contributed by atoms with Crippen LogP contribution in [0.1, 0.15) is 60.0 Å². The Hall–Kier alpha value is -2.65. The molecular weight excluding hydrogens is 570 g/mol. The Balaban J connectivity index is 1.51. The number of nitrogens with zero attached hydrogens (tertiary/aromatic N) is 2. The van der Waals surface area contributed by atoms with Crippen LogP contribution in [0.2, 0.25) is 5.02 Å². The normalized spacial score (nSPS) is 25.1. The summed E-state index contributed by atoms with van der Waals surface area (Å²) in [4.78, 5) is 15.6. The number of benzene rings is 2. The van der Waals surface area contributed by atoms with Crippen LogP contribution in [0.4, 0.5) is 5.69 Å². The molecule has 1 heterocycles. The second-order valence-corrected chi connectivity index (χ2v) is 14.4. The van der Waals surface area contributed by atoms with Crippen molar-refractivity contribution >= 4 is 33.1 Å². The molecule has 2 N–H and O–H groups in total. The molecule has 1 fully saturated rings. The number of halogens is 1. The van der Waals surface area contributed by atoms with E-state index in [0.29, 0.717) is 36.8 Å². The van der Waals surface area contributed by atoms with E-state index in [1.807, 2.05) is 24.3 Å². The quantitative estimate of drug-likeness (QED) is 0.245. The molecule has 226 valence electrons. The van der Waals surface area contributed by atoms with Crippen LogP contribution < -0.4 is 14.8 Å². The molecule has 2 aromatic carbocycles. The summed E-state index contributed by atoms with van der Waals surface area (Å²) < 4.78 is 29.1. The highest BCUT2D eigenvalue weighted by Crippen LogP contribution is 2.47. The van der Waals surface area contributed by atoms with Gasteiger partial charge in [0, 0.05) is 42.0 Å². The summed E-state index contributed by atoms with van der Waals surface area (Å²) in [5, 5.41) is 6.69. The van der Waals surface area contributed by atoms with E-state index in [1.54, 1.807) is 19.3 Å². The summed E-state index contributed by atoms with van der Waals surface area (Å²) in [6.45, 7) is 9.75. The average molecular weight is 612 g/mol. The fourth-order valence-electron chi connectivity index (χ4n) is 6.90. The molecule has 5 rings (SSSR count). The van der Waals surface area contributed by atoms with Crippen molar-refractivity contribution in [3.05, 3.63) is 83.4 Å². The van der Waals surface area contributed by atoms with E-state index in [9.17, 15) is 9.00 Å². The molecule has 3 aliphatic rings. The zero-order valence-electron chi connectivity index (χ0n) is 24.4. The predicted molar refractivity (Wildman–Crippen MR) is 171 cm³/mol. The molecule has 0 unspecified atom stereocenters. The van der Waals surface area contributed by atoms with Crippen LogP contribution in [0.3, 0.4) is 0 Å². The maximum Gasteiger partial charge on any atom is 0.286 e. The molecule has 7 nitrogen and oxygen atoms in total. The maximum atomic E-state index is 13.2. The van der Waals surface area contributed by atoms with Crippen molar-refractivity contribution in [3.8, 4) is 5.75 Å². The van der Waals surface area contributed by atoms with Crippen molar-refractivity contribution in [1.29, 1.82) is 0 Å². The molecule has 2 aliphatic carbocycles. The van der Waals surface area contributed by atoms with E-state index >= 15 is 0 Å². The van der Waals surface area contributed by atoms with Gasteiger partial charge in [-0.25, -0.2) is 9.35 Å². The number of unbranched alkanes of at least 4 members (excludes halogenated alkanes) is 1. The Bertz CT molecular complexity index is 1470. The number of hydrogen-bond acceptors (Lipinski definition) is 5.